The summed E-state index contributed by atoms with van der Waals surface area (Å²) in [6.45, 7) is 1.88. The predicted octanol–water partition coefficient (Wildman–Crippen LogP) is 4.41. The first kappa shape index (κ1) is 17.5. The Balaban J connectivity index is 1.42. The molecule has 2 atom stereocenters. The van der Waals surface area contributed by atoms with Gasteiger partial charge < -0.3 is 10.6 Å². The number of fused-ring (bicyclic) bond motifs is 1. The van der Waals surface area contributed by atoms with Gasteiger partial charge in [-0.1, -0.05) is 29.8 Å². The molecule has 1 aromatic heterocycles. The lowest BCUT2D eigenvalue weighted by molar-refractivity contribution is -0.122. The molecule has 3 aromatic rings. The van der Waals surface area contributed by atoms with E-state index in [1.54, 1.807) is 24.4 Å². The summed E-state index contributed by atoms with van der Waals surface area (Å²) in [6, 6.07) is 14.7. The number of hydrogen-bond donors (Lipinski definition) is 2. The van der Waals surface area contributed by atoms with Gasteiger partial charge in [0.2, 0.25) is 11.8 Å². The highest BCUT2D eigenvalue weighted by molar-refractivity contribution is 6.30. The van der Waals surface area contributed by atoms with Crippen LogP contribution in [0.3, 0.4) is 0 Å². The number of aryl methyl sites for hydroxylation is 1. The Morgan fingerprint density at radius 1 is 1.00 bits per heavy atom. The minimum atomic E-state index is -0.323. The number of rotatable bonds is 4. The maximum atomic E-state index is 12.6. The molecule has 0 bridgehead atoms. The zero-order valence-corrected chi connectivity index (χ0v) is 15.5. The summed E-state index contributed by atoms with van der Waals surface area (Å²) < 4.78 is 0. The fourth-order valence-electron chi connectivity index (χ4n) is 3.20. The third-order valence-electron chi connectivity index (χ3n) is 4.80. The van der Waals surface area contributed by atoms with Crippen LogP contribution in [0.2, 0.25) is 5.02 Å². The molecule has 0 aliphatic heterocycles. The van der Waals surface area contributed by atoms with Crippen molar-refractivity contribution in [3.63, 3.8) is 0 Å². The number of aromatic nitrogens is 1. The molecule has 4 rings (SSSR count). The Labute approximate surface area is 161 Å². The molecule has 1 fully saturated rings. The Morgan fingerprint density at radius 2 is 1.70 bits per heavy atom. The lowest BCUT2D eigenvalue weighted by Crippen LogP contribution is -2.21. The minimum absolute atomic E-state index is 0.142. The third kappa shape index (κ3) is 3.64. The molecular formula is C21H18ClN3O2. The van der Waals surface area contributed by atoms with E-state index in [9.17, 15) is 9.59 Å². The van der Waals surface area contributed by atoms with Gasteiger partial charge in [0.15, 0.2) is 0 Å². The van der Waals surface area contributed by atoms with Gasteiger partial charge in [0, 0.05) is 22.3 Å². The van der Waals surface area contributed by atoms with Gasteiger partial charge in [-0.3, -0.25) is 14.6 Å². The van der Waals surface area contributed by atoms with Gasteiger partial charge in [-0.05, 0) is 49.2 Å². The standard InChI is InChI=1S/C21H18ClN3O2/c1-12-10-14(22)7-8-17(12)24-20(26)15-11-16(15)21(27)25-18-6-2-4-13-5-3-9-23-19(13)18/h2-10,15-16H,11H2,1H3,(H,24,26)(H,25,27). The molecule has 2 unspecified atom stereocenters. The van der Waals surface area contributed by atoms with Crippen molar-refractivity contribution in [3.8, 4) is 0 Å². The Kier molecular flexibility index (Phi) is 4.54. The lowest BCUT2D eigenvalue weighted by Gasteiger charge is -2.09. The van der Waals surface area contributed by atoms with Crippen LogP contribution in [0.4, 0.5) is 11.4 Å². The van der Waals surface area contributed by atoms with E-state index < -0.39 is 0 Å². The van der Waals surface area contributed by atoms with Gasteiger partial charge in [0.1, 0.15) is 0 Å². The number of pyridine rings is 1. The molecule has 2 amide bonds. The number of nitrogens with one attached hydrogen (secondary N) is 2. The average Bonchev–Trinajstić information content (AvgIpc) is 3.45. The summed E-state index contributed by atoms with van der Waals surface area (Å²) in [7, 11) is 0. The number of nitrogens with zero attached hydrogens (tertiary/aromatic N) is 1. The van der Waals surface area contributed by atoms with Crippen molar-refractivity contribution in [3.05, 3.63) is 65.3 Å². The van der Waals surface area contributed by atoms with Gasteiger partial charge >= 0.3 is 0 Å². The van der Waals surface area contributed by atoms with Crippen molar-refractivity contribution < 1.29 is 9.59 Å². The van der Waals surface area contributed by atoms with Crippen molar-refractivity contribution in [1.82, 2.24) is 4.98 Å². The van der Waals surface area contributed by atoms with Crippen LogP contribution < -0.4 is 10.6 Å². The molecule has 136 valence electrons. The molecule has 2 N–H and O–H groups in total. The van der Waals surface area contributed by atoms with E-state index in [0.717, 1.165) is 16.5 Å². The van der Waals surface area contributed by atoms with Gasteiger partial charge in [0.25, 0.3) is 0 Å². The second-order valence-electron chi connectivity index (χ2n) is 6.77. The highest BCUT2D eigenvalue weighted by atomic mass is 35.5. The van der Waals surface area contributed by atoms with Gasteiger partial charge in [-0.15, -0.1) is 0 Å². The number of carbonyl (C=O) groups excluding carboxylic acids is 2. The molecule has 5 nitrogen and oxygen atoms in total. The lowest BCUT2D eigenvalue weighted by atomic mass is 10.1. The second-order valence-corrected chi connectivity index (χ2v) is 7.20. The van der Waals surface area contributed by atoms with E-state index in [-0.39, 0.29) is 23.7 Å². The molecule has 6 heteroatoms. The van der Waals surface area contributed by atoms with Crippen molar-refractivity contribution in [2.75, 3.05) is 10.6 Å². The van der Waals surface area contributed by atoms with Crippen LogP contribution >= 0.6 is 11.6 Å². The highest BCUT2D eigenvalue weighted by Gasteiger charge is 2.48. The van der Waals surface area contributed by atoms with E-state index in [0.29, 0.717) is 22.8 Å². The number of anilines is 2. The topological polar surface area (TPSA) is 71.1 Å². The molecule has 0 radical (unpaired) electrons. The van der Waals surface area contributed by atoms with E-state index in [1.807, 2.05) is 37.3 Å². The maximum Gasteiger partial charge on any atom is 0.228 e. The number of amides is 2. The quantitative estimate of drug-likeness (QED) is 0.705. The second kappa shape index (κ2) is 7.00. The van der Waals surface area contributed by atoms with E-state index in [1.165, 1.54) is 0 Å². The summed E-state index contributed by atoms with van der Waals surface area (Å²) in [5.74, 6) is -0.933. The average molecular weight is 380 g/mol. The number of benzene rings is 2. The molecule has 0 saturated heterocycles. The summed E-state index contributed by atoms with van der Waals surface area (Å²) in [5.41, 5.74) is 3.01. The summed E-state index contributed by atoms with van der Waals surface area (Å²) in [6.07, 6.45) is 2.24. The van der Waals surface area contributed by atoms with Gasteiger partial charge in [-0.25, -0.2) is 0 Å². The molecule has 1 aliphatic carbocycles. The van der Waals surface area contributed by atoms with Crippen LogP contribution in [-0.2, 0) is 9.59 Å². The van der Waals surface area contributed by atoms with E-state index in [4.69, 9.17) is 11.6 Å². The predicted molar refractivity (Wildman–Crippen MR) is 107 cm³/mol. The first-order valence-corrected chi connectivity index (χ1v) is 9.12. The number of hydrogen-bond acceptors (Lipinski definition) is 3. The van der Waals surface area contributed by atoms with E-state index in [2.05, 4.69) is 15.6 Å². The Morgan fingerprint density at radius 3 is 2.44 bits per heavy atom. The first-order valence-electron chi connectivity index (χ1n) is 8.74. The summed E-state index contributed by atoms with van der Waals surface area (Å²) in [4.78, 5) is 29.4. The first-order chi connectivity index (χ1) is 13.0. The number of carbonyl (C=O) groups is 2. The molecular weight excluding hydrogens is 362 g/mol. The Hall–Kier alpha value is -2.92. The summed E-state index contributed by atoms with van der Waals surface area (Å²) in [5, 5.41) is 7.38. The van der Waals surface area contributed by atoms with E-state index >= 15 is 0 Å². The Bertz CT molecular complexity index is 1050. The van der Waals surface area contributed by atoms with Gasteiger partial charge in [0.05, 0.1) is 23.0 Å². The molecule has 1 saturated carbocycles. The normalized spacial score (nSPS) is 18.1. The molecule has 27 heavy (non-hydrogen) atoms. The molecule has 1 aliphatic rings. The molecule has 0 spiro atoms. The fraction of sp³-hybridized carbons (Fsp3) is 0.190. The van der Waals surface area contributed by atoms with Gasteiger partial charge in [-0.2, -0.15) is 0 Å². The number of para-hydroxylation sites is 1. The van der Waals surface area contributed by atoms with Crippen LogP contribution in [0.15, 0.2) is 54.7 Å². The minimum Gasteiger partial charge on any atom is -0.326 e. The van der Waals surface area contributed by atoms with Crippen LogP contribution in [0, 0.1) is 18.8 Å². The molecule has 1 heterocycles. The fourth-order valence-corrected chi connectivity index (χ4v) is 3.42. The number of halogens is 1. The van der Waals surface area contributed by atoms with Crippen molar-refractivity contribution >= 4 is 45.7 Å². The highest BCUT2D eigenvalue weighted by Crippen LogP contribution is 2.40. The largest absolute Gasteiger partial charge is 0.326 e. The third-order valence-corrected chi connectivity index (χ3v) is 5.04. The zero-order valence-electron chi connectivity index (χ0n) is 14.7. The smallest absolute Gasteiger partial charge is 0.228 e. The van der Waals surface area contributed by atoms with Crippen LogP contribution in [0.5, 0.6) is 0 Å². The zero-order chi connectivity index (χ0) is 19.0. The maximum absolute atomic E-state index is 12.6. The van der Waals surface area contributed by atoms with Crippen LogP contribution in [0.1, 0.15) is 12.0 Å². The van der Waals surface area contributed by atoms with Crippen LogP contribution in [-0.4, -0.2) is 16.8 Å². The van der Waals surface area contributed by atoms with Crippen molar-refractivity contribution in [2.45, 2.75) is 13.3 Å². The monoisotopic (exact) mass is 379 g/mol. The van der Waals surface area contributed by atoms with Crippen LogP contribution in [0.25, 0.3) is 10.9 Å². The SMILES string of the molecule is Cc1cc(Cl)ccc1NC(=O)C1CC1C(=O)Nc1cccc2cccnc12. The molecule has 2 aromatic carbocycles. The van der Waals surface area contributed by atoms with Crippen molar-refractivity contribution in [2.24, 2.45) is 11.8 Å². The summed E-state index contributed by atoms with van der Waals surface area (Å²) >= 11 is 5.94. The van der Waals surface area contributed by atoms with Crippen molar-refractivity contribution in [1.29, 1.82) is 0 Å².